The summed E-state index contributed by atoms with van der Waals surface area (Å²) in [5.74, 6) is -0.663. The van der Waals surface area contributed by atoms with Gasteiger partial charge < -0.3 is 10.2 Å². The number of ketones is 1. The fourth-order valence-corrected chi connectivity index (χ4v) is 1.23. The summed E-state index contributed by atoms with van der Waals surface area (Å²) in [5.41, 5.74) is 0.0664. The Labute approximate surface area is 80.6 Å². The first-order valence-corrected chi connectivity index (χ1v) is 4.13. The Morgan fingerprint density at radius 2 is 1.85 bits per heavy atom. The smallest absolute Gasteiger partial charge is 0.152 e. The number of benzene rings is 1. The first-order chi connectivity index (χ1) is 6.04. The van der Waals surface area contributed by atoms with Crippen LogP contribution in [-0.4, -0.2) is 16.0 Å². The van der Waals surface area contributed by atoms with E-state index in [1.165, 1.54) is 25.1 Å². The molecule has 1 unspecified atom stereocenters. The number of carbonyl (C=O) groups is 1. The summed E-state index contributed by atoms with van der Waals surface area (Å²) in [6.45, 7) is 1.30. The van der Waals surface area contributed by atoms with Crippen LogP contribution in [0.5, 0.6) is 11.5 Å². The van der Waals surface area contributed by atoms with Crippen LogP contribution in [0.1, 0.15) is 17.9 Å². The zero-order chi connectivity index (χ0) is 10.0. The van der Waals surface area contributed by atoms with Gasteiger partial charge in [0.25, 0.3) is 0 Å². The summed E-state index contributed by atoms with van der Waals surface area (Å²) < 4.78 is 0. The van der Waals surface area contributed by atoms with Gasteiger partial charge in [-0.15, -0.1) is 11.6 Å². The second kappa shape index (κ2) is 3.66. The van der Waals surface area contributed by atoms with Crippen molar-refractivity contribution in [1.29, 1.82) is 0 Å². The van der Waals surface area contributed by atoms with E-state index in [4.69, 9.17) is 11.6 Å². The number of phenolic OH excluding ortho intramolecular Hbond substituents is 2. The van der Waals surface area contributed by atoms with E-state index < -0.39 is 5.38 Å². The number of halogens is 1. The van der Waals surface area contributed by atoms with Gasteiger partial charge in [0, 0.05) is 0 Å². The first-order valence-electron chi connectivity index (χ1n) is 3.69. The van der Waals surface area contributed by atoms with Crippen molar-refractivity contribution in [1.82, 2.24) is 0 Å². The molecule has 0 aliphatic carbocycles. The van der Waals surface area contributed by atoms with E-state index in [9.17, 15) is 15.0 Å². The predicted molar refractivity (Wildman–Crippen MR) is 49.0 cm³/mol. The van der Waals surface area contributed by atoms with Gasteiger partial charge in [-0.25, -0.2) is 0 Å². The Kier molecular flexibility index (Phi) is 2.78. The van der Waals surface area contributed by atoms with Crippen LogP contribution in [-0.2, 0) is 4.79 Å². The summed E-state index contributed by atoms with van der Waals surface area (Å²) in [4.78, 5) is 10.9. The Morgan fingerprint density at radius 1 is 1.38 bits per heavy atom. The van der Waals surface area contributed by atoms with Gasteiger partial charge in [-0.1, -0.05) is 6.07 Å². The minimum atomic E-state index is -0.999. The third-order valence-electron chi connectivity index (χ3n) is 1.67. The lowest BCUT2D eigenvalue weighted by molar-refractivity contribution is -0.116. The third-order valence-corrected chi connectivity index (χ3v) is 2.20. The van der Waals surface area contributed by atoms with Gasteiger partial charge in [-0.2, -0.15) is 0 Å². The predicted octanol–water partition coefficient (Wildman–Crippen LogP) is 1.97. The molecule has 0 aliphatic heterocycles. The van der Waals surface area contributed by atoms with E-state index in [1.54, 1.807) is 0 Å². The van der Waals surface area contributed by atoms with Gasteiger partial charge in [0.2, 0.25) is 0 Å². The molecule has 0 aliphatic rings. The molecule has 1 atom stereocenters. The minimum Gasteiger partial charge on any atom is -0.507 e. The summed E-state index contributed by atoms with van der Waals surface area (Å²) in [7, 11) is 0. The fraction of sp³-hybridized carbons (Fsp3) is 0.222. The quantitative estimate of drug-likeness (QED) is 0.718. The van der Waals surface area contributed by atoms with E-state index in [0.29, 0.717) is 0 Å². The van der Waals surface area contributed by atoms with Crippen LogP contribution in [0.4, 0.5) is 0 Å². The highest BCUT2D eigenvalue weighted by Gasteiger charge is 2.20. The van der Waals surface area contributed by atoms with Crippen LogP contribution in [0.15, 0.2) is 18.2 Å². The molecule has 4 heteroatoms. The average molecular weight is 201 g/mol. The topological polar surface area (TPSA) is 57.5 Å². The molecule has 0 fully saturated rings. The Hall–Kier alpha value is -1.22. The molecule has 70 valence electrons. The second-order valence-corrected chi connectivity index (χ2v) is 3.12. The number of aromatic hydroxyl groups is 2. The number of carbonyl (C=O) groups excluding carboxylic acids is 1. The van der Waals surface area contributed by atoms with Crippen LogP contribution in [0.3, 0.4) is 0 Å². The minimum absolute atomic E-state index is 0.0664. The molecule has 0 aromatic heterocycles. The van der Waals surface area contributed by atoms with Gasteiger partial charge in [0.15, 0.2) is 5.78 Å². The molecule has 1 aromatic carbocycles. The van der Waals surface area contributed by atoms with Crippen molar-refractivity contribution in [3.63, 3.8) is 0 Å². The molecule has 0 saturated carbocycles. The number of alkyl halides is 1. The molecule has 0 heterocycles. The van der Waals surface area contributed by atoms with Crippen molar-refractivity contribution in [3.05, 3.63) is 23.8 Å². The van der Waals surface area contributed by atoms with Crippen molar-refractivity contribution in [2.24, 2.45) is 0 Å². The van der Waals surface area contributed by atoms with Crippen LogP contribution in [0.25, 0.3) is 0 Å². The van der Waals surface area contributed by atoms with E-state index in [2.05, 4.69) is 0 Å². The Bertz CT molecular complexity index is 315. The zero-order valence-electron chi connectivity index (χ0n) is 6.99. The SMILES string of the molecule is CC(=O)C(Cl)c1c(O)cccc1O. The molecule has 1 rings (SSSR count). The molecule has 3 nitrogen and oxygen atoms in total. The maximum atomic E-state index is 10.9. The Balaban J connectivity index is 3.20. The van der Waals surface area contributed by atoms with Crippen molar-refractivity contribution in [2.75, 3.05) is 0 Å². The van der Waals surface area contributed by atoms with E-state index in [0.717, 1.165) is 0 Å². The van der Waals surface area contributed by atoms with E-state index in [-0.39, 0.29) is 22.8 Å². The van der Waals surface area contributed by atoms with Gasteiger partial charge in [-0.3, -0.25) is 4.79 Å². The number of Topliss-reactive ketones (excluding diaryl/α,β-unsaturated/α-hetero) is 1. The van der Waals surface area contributed by atoms with Crippen molar-refractivity contribution in [3.8, 4) is 11.5 Å². The van der Waals surface area contributed by atoms with Gasteiger partial charge >= 0.3 is 0 Å². The highest BCUT2D eigenvalue weighted by atomic mass is 35.5. The average Bonchev–Trinajstić information content (AvgIpc) is 2.03. The molecule has 0 spiro atoms. The molecule has 0 radical (unpaired) electrons. The van der Waals surface area contributed by atoms with Crippen LogP contribution in [0, 0.1) is 0 Å². The van der Waals surface area contributed by atoms with Crippen LogP contribution in [0.2, 0.25) is 0 Å². The lowest BCUT2D eigenvalue weighted by atomic mass is 10.1. The number of phenols is 2. The van der Waals surface area contributed by atoms with Crippen molar-refractivity contribution in [2.45, 2.75) is 12.3 Å². The first kappa shape index (κ1) is 9.86. The van der Waals surface area contributed by atoms with Gasteiger partial charge in [0.1, 0.15) is 16.9 Å². The standard InChI is InChI=1S/C9H9ClO3/c1-5(11)9(10)8-6(12)3-2-4-7(8)13/h2-4,9,12-13H,1H3. The van der Waals surface area contributed by atoms with Crippen molar-refractivity contribution >= 4 is 17.4 Å². The summed E-state index contributed by atoms with van der Waals surface area (Å²) >= 11 is 5.68. The zero-order valence-corrected chi connectivity index (χ0v) is 7.75. The van der Waals surface area contributed by atoms with E-state index >= 15 is 0 Å². The van der Waals surface area contributed by atoms with E-state index in [1.807, 2.05) is 0 Å². The third kappa shape index (κ3) is 1.92. The monoisotopic (exact) mass is 200 g/mol. The van der Waals surface area contributed by atoms with Gasteiger partial charge in [0.05, 0.1) is 5.56 Å². The molecular formula is C9H9ClO3. The molecule has 0 bridgehead atoms. The normalized spacial score (nSPS) is 12.5. The molecule has 0 amide bonds. The molecule has 0 saturated heterocycles. The lowest BCUT2D eigenvalue weighted by Gasteiger charge is -2.09. The molecule has 1 aromatic rings. The summed E-state index contributed by atoms with van der Waals surface area (Å²) in [5, 5.41) is 17.6. The molecule has 2 N–H and O–H groups in total. The number of rotatable bonds is 2. The fourth-order valence-electron chi connectivity index (χ4n) is 1.00. The highest BCUT2D eigenvalue weighted by molar-refractivity contribution is 6.31. The maximum absolute atomic E-state index is 10.9. The lowest BCUT2D eigenvalue weighted by Crippen LogP contribution is -2.02. The van der Waals surface area contributed by atoms with Crippen molar-refractivity contribution < 1.29 is 15.0 Å². The highest BCUT2D eigenvalue weighted by Crippen LogP contribution is 2.36. The Morgan fingerprint density at radius 3 is 2.23 bits per heavy atom. The molecule has 13 heavy (non-hydrogen) atoms. The summed E-state index contributed by atoms with van der Waals surface area (Å²) in [6, 6.07) is 4.21. The van der Waals surface area contributed by atoms with Crippen LogP contribution >= 0.6 is 11.6 Å². The van der Waals surface area contributed by atoms with Crippen LogP contribution < -0.4 is 0 Å². The molecular weight excluding hydrogens is 192 g/mol. The van der Waals surface area contributed by atoms with Gasteiger partial charge in [-0.05, 0) is 19.1 Å². The number of hydrogen-bond donors (Lipinski definition) is 2. The maximum Gasteiger partial charge on any atom is 0.152 e. The summed E-state index contributed by atoms with van der Waals surface area (Å²) in [6.07, 6.45) is 0. The second-order valence-electron chi connectivity index (χ2n) is 2.68. The largest absolute Gasteiger partial charge is 0.507 e. The number of hydrogen-bond acceptors (Lipinski definition) is 3.